The van der Waals surface area contributed by atoms with Crippen molar-refractivity contribution in [1.82, 2.24) is 0 Å². The molecule has 0 aliphatic heterocycles. The zero-order valence-corrected chi connectivity index (χ0v) is 12.2. The Morgan fingerprint density at radius 3 is 2.45 bits per heavy atom. The molecule has 1 fully saturated rings. The highest BCUT2D eigenvalue weighted by molar-refractivity contribution is 5.99. The lowest BCUT2D eigenvalue weighted by Gasteiger charge is -2.23. The number of amides is 1. The van der Waals surface area contributed by atoms with Gasteiger partial charge in [-0.15, -0.1) is 0 Å². The topological polar surface area (TPSA) is 83.5 Å². The summed E-state index contributed by atoms with van der Waals surface area (Å²) < 4.78 is 0. The highest BCUT2D eigenvalue weighted by Crippen LogP contribution is 2.48. The molecule has 1 saturated carbocycles. The number of carbonyl (C=O) groups excluding carboxylic acids is 2. The van der Waals surface area contributed by atoms with Crippen molar-refractivity contribution in [3.05, 3.63) is 42.0 Å². The average Bonchev–Trinajstić information content (AvgIpc) is 3.07. The summed E-state index contributed by atoms with van der Waals surface area (Å²) in [7, 11) is 0. The maximum absolute atomic E-state index is 12.5. The van der Waals surface area contributed by atoms with Gasteiger partial charge in [-0.3, -0.25) is 14.4 Å². The zero-order chi connectivity index (χ0) is 15.9. The summed E-state index contributed by atoms with van der Waals surface area (Å²) in [6.07, 6.45) is 4.58. The zero-order valence-electron chi connectivity index (χ0n) is 12.2. The lowest BCUT2D eigenvalue weighted by Crippen LogP contribution is -2.36. The molecule has 0 saturated heterocycles. The van der Waals surface area contributed by atoms with Gasteiger partial charge in [0.15, 0.2) is 5.78 Å². The van der Waals surface area contributed by atoms with Crippen LogP contribution in [0.15, 0.2) is 36.4 Å². The van der Waals surface area contributed by atoms with Crippen molar-refractivity contribution in [2.45, 2.75) is 13.3 Å². The Kier molecular flexibility index (Phi) is 3.56. The molecular formula is C17H17NO4. The van der Waals surface area contributed by atoms with Crippen molar-refractivity contribution >= 4 is 23.3 Å². The van der Waals surface area contributed by atoms with E-state index in [0.29, 0.717) is 11.3 Å². The molecule has 0 heterocycles. The molecule has 0 unspecified atom stereocenters. The number of aliphatic carboxylic acids is 1. The lowest BCUT2D eigenvalue weighted by atomic mass is 9.82. The van der Waals surface area contributed by atoms with Crippen molar-refractivity contribution in [1.29, 1.82) is 0 Å². The summed E-state index contributed by atoms with van der Waals surface area (Å²) in [4.78, 5) is 35.3. The van der Waals surface area contributed by atoms with Crippen LogP contribution in [0, 0.1) is 23.7 Å². The number of nitrogens with one attached hydrogen (secondary N) is 1. The van der Waals surface area contributed by atoms with Crippen LogP contribution < -0.4 is 5.32 Å². The second-order valence-corrected chi connectivity index (χ2v) is 5.96. The molecule has 2 bridgehead atoms. The maximum Gasteiger partial charge on any atom is 0.307 e. The molecule has 4 atom stereocenters. The fourth-order valence-electron chi connectivity index (χ4n) is 3.56. The van der Waals surface area contributed by atoms with Gasteiger partial charge in [0.1, 0.15) is 0 Å². The van der Waals surface area contributed by atoms with E-state index in [9.17, 15) is 19.5 Å². The van der Waals surface area contributed by atoms with Crippen LogP contribution in [0.25, 0.3) is 0 Å². The smallest absolute Gasteiger partial charge is 0.307 e. The Hall–Kier alpha value is -2.43. The quantitative estimate of drug-likeness (QED) is 0.660. The number of carboxylic acid groups (broad SMARTS) is 1. The van der Waals surface area contributed by atoms with Gasteiger partial charge in [-0.05, 0) is 37.3 Å². The third-order valence-electron chi connectivity index (χ3n) is 4.58. The summed E-state index contributed by atoms with van der Waals surface area (Å²) in [6.45, 7) is 1.46. The van der Waals surface area contributed by atoms with Gasteiger partial charge in [0.05, 0.1) is 11.8 Å². The van der Waals surface area contributed by atoms with Crippen molar-refractivity contribution in [2.24, 2.45) is 23.7 Å². The lowest BCUT2D eigenvalue weighted by molar-refractivity contribution is -0.146. The highest BCUT2D eigenvalue weighted by atomic mass is 16.4. The van der Waals surface area contributed by atoms with Gasteiger partial charge < -0.3 is 10.4 Å². The van der Waals surface area contributed by atoms with Crippen molar-refractivity contribution in [2.75, 3.05) is 5.32 Å². The summed E-state index contributed by atoms with van der Waals surface area (Å²) in [5, 5.41) is 12.1. The van der Waals surface area contributed by atoms with Gasteiger partial charge in [-0.25, -0.2) is 0 Å². The molecule has 114 valence electrons. The minimum atomic E-state index is -0.922. The molecule has 5 heteroatoms. The largest absolute Gasteiger partial charge is 0.481 e. The molecule has 0 spiro atoms. The number of anilines is 1. The Morgan fingerprint density at radius 2 is 1.82 bits per heavy atom. The van der Waals surface area contributed by atoms with Gasteiger partial charge in [-0.2, -0.15) is 0 Å². The number of Topliss-reactive ketones (excluding diaryl/α,β-unsaturated/α-hetero) is 1. The highest BCUT2D eigenvalue weighted by Gasteiger charge is 2.51. The van der Waals surface area contributed by atoms with Gasteiger partial charge in [0, 0.05) is 11.3 Å². The number of carboxylic acids is 1. The van der Waals surface area contributed by atoms with Crippen molar-refractivity contribution in [3.8, 4) is 0 Å². The van der Waals surface area contributed by atoms with Gasteiger partial charge in [-0.1, -0.05) is 24.3 Å². The summed E-state index contributed by atoms with van der Waals surface area (Å²) in [6, 6.07) is 6.68. The van der Waals surface area contributed by atoms with Crippen LogP contribution in [-0.4, -0.2) is 22.8 Å². The SMILES string of the molecule is CC(=O)c1cccc(NC(=O)[C@H]2[C@@H](C(=O)O)[C@@H]3C=C[C@H]2C3)c1. The summed E-state index contributed by atoms with van der Waals surface area (Å²) in [5.41, 5.74) is 1.04. The Labute approximate surface area is 128 Å². The van der Waals surface area contributed by atoms with Gasteiger partial charge in [0.25, 0.3) is 0 Å². The van der Waals surface area contributed by atoms with Crippen LogP contribution in [0.2, 0.25) is 0 Å². The van der Waals surface area contributed by atoms with Crippen LogP contribution in [0.4, 0.5) is 5.69 Å². The predicted molar refractivity (Wildman–Crippen MR) is 80.4 cm³/mol. The molecule has 22 heavy (non-hydrogen) atoms. The first-order chi connectivity index (χ1) is 10.5. The third-order valence-corrected chi connectivity index (χ3v) is 4.58. The van der Waals surface area contributed by atoms with E-state index in [0.717, 1.165) is 6.42 Å². The Bertz CT molecular complexity index is 679. The second kappa shape index (κ2) is 5.40. The molecule has 2 aliphatic carbocycles. The second-order valence-electron chi connectivity index (χ2n) is 5.96. The Balaban J connectivity index is 1.80. The van der Waals surface area contributed by atoms with E-state index in [4.69, 9.17) is 0 Å². The van der Waals surface area contributed by atoms with Crippen molar-refractivity contribution in [3.63, 3.8) is 0 Å². The van der Waals surface area contributed by atoms with E-state index in [1.54, 1.807) is 24.3 Å². The van der Waals surface area contributed by atoms with E-state index in [-0.39, 0.29) is 23.5 Å². The molecule has 2 aliphatic rings. The standard InChI is InChI=1S/C17H17NO4/c1-9(19)10-3-2-4-13(8-10)18-16(20)14-11-5-6-12(7-11)15(14)17(21)22/h2-6,8,11-12,14-15H,7H2,1H3,(H,18,20)(H,21,22)/t11-,12+,14+,15-/m0/s1. The monoisotopic (exact) mass is 299 g/mol. The van der Waals surface area contributed by atoms with Crippen LogP contribution in [0.5, 0.6) is 0 Å². The summed E-state index contributed by atoms with van der Waals surface area (Å²) in [5.74, 6) is -2.56. The minimum Gasteiger partial charge on any atom is -0.481 e. The van der Waals surface area contributed by atoms with E-state index >= 15 is 0 Å². The van der Waals surface area contributed by atoms with Crippen LogP contribution in [0.3, 0.4) is 0 Å². The fourth-order valence-corrected chi connectivity index (χ4v) is 3.56. The van der Waals surface area contributed by atoms with Crippen molar-refractivity contribution < 1.29 is 19.5 Å². The average molecular weight is 299 g/mol. The van der Waals surface area contributed by atoms with E-state index in [1.807, 2.05) is 12.2 Å². The number of allylic oxidation sites excluding steroid dienone is 2. The van der Waals surface area contributed by atoms with E-state index < -0.39 is 17.8 Å². The normalized spacial score (nSPS) is 28.6. The first-order valence-corrected chi connectivity index (χ1v) is 7.30. The van der Waals surface area contributed by atoms with E-state index in [2.05, 4.69) is 5.32 Å². The molecule has 2 N–H and O–H groups in total. The predicted octanol–water partition coefficient (Wildman–Crippen LogP) is 2.35. The number of hydrogen-bond donors (Lipinski definition) is 2. The first-order valence-electron chi connectivity index (χ1n) is 7.30. The maximum atomic E-state index is 12.5. The number of rotatable bonds is 4. The number of benzene rings is 1. The van der Waals surface area contributed by atoms with Crippen LogP contribution >= 0.6 is 0 Å². The molecule has 1 aromatic rings. The van der Waals surface area contributed by atoms with Crippen LogP contribution in [-0.2, 0) is 9.59 Å². The minimum absolute atomic E-state index is 0.0120. The van der Waals surface area contributed by atoms with Crippen LogP contribution in [0.1, 0.15) is 23.7 Å². The molecular weight excluding hydrogens is 282 g/mol. The molecule has 5 nitrogen and oxygen atoms in total. The van der Waals surface area contributed by atoms with Gasteiger partial charge in [0.2, 0.25) is 5.91 Å². The fraction of sp³-hybridized carbons (Fsp3) is 0.353. The molecule has 0 aromatic heterocycles. The van der Waals surface area contributed by atoms with Gasteiger partial charge >= 0.3 is 5.97 Å². The number of hydrogen-bond acceptors (Lipinski definition) is 3. The Morgan fingerprint density at radius 1 is 1.14 bits per heavy atom. The first kappa shape index (κ1) is 14.5. The molecule has 3 rings (SSSR count). The number of carbonyl (C=O) groups is 3. The molecule has 1 amide bonds. The summed E-state index contributed by atoms with van der Waals surface area (Å²) >= 11 is 0. The van der Waals surface area contributed by atoms with E-state index in [1.165, 1.54) is 6.92 Å². The molecule has 1 aromatic carbocycles. The number of fused-ring (bicyclic) bond motifs is 2. The third kappa shape index (κ3) is 2.43. The number of ketones is 1. The molecule has 0 radical (unpaired) electrons.